The number of amides is 1. The van der Waals surface area contributed by atoms with Crippen molar-refractivity contribution in [3.8, 4) is 0 Å². The fraction of sp³-hybridized carbons (Fsp3) is 0.706. The topological polar surface area (TPSA) is 58.6 Å². The first-order valence-corrected chi connectivity index (χ1v) is 8.59. The first kappa shape index (κ1) is 14.9. The van der Waals surface area contributed by atoms with Gasteiger partial charge in [0, 0.05) is 38.6 Å². The number of piperidine rings is 1. The number of aromatic nitrogens is 2. The zero-order valence-corrected chi connectivity index (χ0v) is 13.7. The Morgan fingerprint density at radius 2 is 1.96 bits per heavy atom. The molecule has 1 amide bonds. The number of nitrogens with zero attached hydrogens (tertiary/aromatic N) is 4. The van der Waals surface area contributed by atoms with E-state index < -0.39 is 0 Å². The van der Waals surface area contributed by atoms with Crippen LogP contribution < -0.4 is 4.90 Å². The van der Waals surface area contributed by atoms with E-state index >= 15 is 0 Å². The summed E-state index contributed by atoms with van der Waals surface area (Å²) >= 11 is 0. The van der Waals surface area contributed by atoms with Crippen LogP contribution >= 0.6 is 0 Å². The van der Waals surface area contributed by atoms with E-state index in [1.54, 1.807) is 0 Å². The molecule has 6 nitrogen and oxygen atoms in total. The normalized spacial score (nSPS) is 24.3. The molecule has 1 aromatic heterocycles. The van der Waals surface area contributed by atoms with Gasteiger partial charge in [0.25, 0.3) is 0 Å². The molecule has 2 saturated heterocycles. The predicted octanol–water partition coefficient (Wildman–Crippen LogP) is 1.39. The van der Waals surface area contributed by atoms with E-state index in [1.165, 1.54) is 12.8 Å². The number of carbonyl (C=O) groups excluding carboxylic acids is 1. The van der Waals surface area contributed by atoms with Gasteiger partial charge < -0.3 is 14.5 Å². The predicted molar refractivity (Wildman–Crippen MR) is 86.2 cm³/mol. The molecule has 0 radical (unpaired) electrons. The van der Waals surface area contributed by atoms with Crippen LogP contribution in [-0.4, -0.2) is 59.2 Å². The molecule has 0 unspecified atom stereocenters. The van der Waals surface area contributed by atoms with Crippen molar-refractivity contribution in [1.29, 1.82) is 0 Å². The fourth-order valence-corrected chi connectivity index (χ4v) is 3.53. The smallest absolute Gasteiger partial charge is 0.248 e. The average Bonchev–Trinajstić information content (AvgIpc) is 3.37. The van der Waals surface area contributed by atoms with Gasteiger partial charge in [-0.25, -0.2) is 9.97 Å². The van der Waals surface area contributed by atoms with Gasteiger partial charge in [0.1, 0.15) is 6.61 Å². The lowest BCUT2D eigenvalue weighted by molar-refractivity contribution is -0.167. The summed E-state index contributed by atoms with van der Waals surface area (Å²) in [6.45, 7) is 5.69. The van der Waals surface area contributed by atoms with Crippen molar-refractivity contribution in [3.63, 3.8) is 0 Å². The SMILES string of the molecule is Cc1cnc(N2CCC3(CC2)CN(CC2CC2)C(=O)CO3)nc1. The van der Waals surface area contributed by atoms with E-state index in [9.17, 15) is 4.79 Å². The minimum absolute atomic E-state index is 0.159. The Morgan fingerprint density at radius 3 is 2.61 bits per heavy atom. The van der Waals surface area contributed by atoms with Gasteiger partial charge in [-0.1, -0.05) is 0 Å². The molecular formula is C17H24N4O2. The highest BCUT2D eigenvalue weighted by Crippen LogP contribution is 2.35. The average molecular weight is 316 g/mol. The second-order valence-corrected chi connectivity index (χ2v) is 7.24. The van der Waals surface area contributed by atoms with Crippen LogP contribution in [-0.2, 0) is 9.53 Å². The van der Waals surface area contributed by atoms with Crippen LogP contribution in [0, 0.1) is 12.8 Å². The van der Waals surface area contributed by atoms with Gasteiger partial charge in [-0.15, -0.1) is 0 Å². The van der Waals surface area contributed by atoms with Gasteiger partial charge in [-0.2, -0.15) is 0 Å². The van der Waals surface area contributed by atoms with E-state index in [0.29, 0.717) is 0 Å². The first-order valence-electron chi connectivity index (χ1n) is 8.59. The molecular weight excluding hydrogens is 292 g/mol. The molecule has 6 heteroatoms. The maximum absolute atomic E-state index is 12.1. The third-order valence-corrected chi connectivity index (χ3v) is 5.23. The van der Waals surface area contributed by atoms with E-state index in [-0.39, 0.29) is 18.1 Å². The maximum Gasteiger partial charge on any atom is 0.248 e. The molecule has 0 atom stereocenters. The highest BCUT2D eigenvalue weighted by molar-refractivity contribution is 5.78. The molecule has 124 valence electrons. The van der Waals surface area contributed by atoms with Crippen molar-refractivity contribution in [3.05, 3.63) is 18.0 Å². The zero-order chi connectivity index (χ0) is 15.9. The Kier molecular flexibility index (Phi) is 3.71. The van der Waals surface area contributed by atoms with Crippen LogP contribution in [0.2, 0.25) is 0 Å². The van der Waals surface area contributed by atoms with Crippen molar-refractivity contribution < 1.29 is 9.53 Å². The van der Waals surface area contributed by atoms with Crippen LogP contribution in [0.4, 0.5) is 5.95 Å². The minimum Gasteiger partial charge on any atom is -0.363 e. The third-order valence-electron chi connectivity index (χ3n) is 5.23. The monoisotopic (exact) mass is 316 g/mol. The molecule has 3 aliphatic rings. The van der Waals surface area contributed by atoms with Crippen molar-refractivity contribution in [1.82, 2.24) is 14.9 Å². The molecule has 1 aromatic rings. The fourth-order valence-electron chi connectivity index (χ4n) is 3.53. The zero-order valence-electron chi connectivity index (χ0n) is 13.7. The lowest BCUT2D eigenvalue weighted by atomic mass is 9.89. The van der Waals surface area contributed by atoms with Crippen molar-refractivity contribution in [2.75, 3.05) is 37.7 Å². The van der Waals surface area contributed by atoms with Crippen LogP contribution in [0.1, 0.15) is 31.2 Å². The summed E-state index contributed by atoms with van der Waals surface area (Å²) < 4.78 is 6.00. The van der Waals surface area contributed by atoms with Gasteiger partial charge >= 0.3 is 0 Å². The number of rotatable bonds is 3. The molecule has 3 heterocycles. The second kappa shape index (κ2) is 5.74. The van der Waals surface area contributed by atoms with Crippen LogP contribution in [0.3, 0.4) is 0 Å². The van der Waals surface area contributed by atoms with Crippen molar-refractivity contribution >= 4 is 11.9 Å². The highest BCUT2D eigenvalue weighted by Gasteiger charge is 2.43. The van der Waals surface area contributed by atoms with Crippen molar-refractivity contribution in [2.24, 2.45) is 5.92 Å². The highest BCUT2D eigenvalue weighted by atomic mass is 16.5. The van der Waals surface area contributed by atoms with Gasteiger partial charge in [0.15, 0.2) is 0 Å². The van der Waals surface area contributed by atoms with Crippen LogP contribution in [0.25, 0.3) is 0 Å². The van der Waals surface area contributed by atoms with Gasteiger partial charge in [0.2, 0.25) is 11.9 Å². The molecule has 1 spiro atoms. The quantitative estimate of drug-likeness (QED) is 0.843. The Balaban J connectivity index is 1.39. The number of carbonyl (C=O) groups is 1. The Labute approximate surface area is 136 Å². The van der Waals surface area contributed by atoms with E-state index in [4.69, 9.17) is 4.74 Å². The summed E-state index contributed by atoms with van der Waals surface area (Å²) in [5, 5.41) is 0. The lowest BCUT2D eigenvalue weighted by Crippen LogP contribution is -2.59. The van der Waals surface area contributed by atoms with Gasteiger partial charge in [0.05, 0.1) is 5.60 Å². The number of hydrogen-bond donors (Lipinski definition) is 0. The maximum atomic E-state index is 12.1. The van der Waals surface area contributed by atoms with E-state index in [0.717, 1.165) is 56.5 Å². The Bertz CT molecular complexity index is 577. The molecule has 23 heavy (non-hydrogen) atoms. The second-order valence-electron chi connectivity index (χ2n) is 7.24. The summed E-state index contributed by atoms with van der Waals surface area (Å²) in [7, 11) is 0. The van der Waals surface area contributed by atoms with Crippen molar-refractivity contribution in [2.45, 2.75) is 38.2 Å². The molecule has 0 aromatic carbocycles. The van der Waals surface area contributed by atoms with Gasteiger partial charge in [-0.3, -0.25) is 4.79 Å². The third kappa shape index (κ3) is 3.17. The van der Waals surface area contributed by atoms with E-state index in [2.05, 4.69) is 14.9 Å². The van der Waals surface area contributed by atoms with Crippen LogP contribution in [0.15, 0.2) is 12.4 Å². The minimum atomic E-state index is -0.163. The number of hydrogen-bond acceptors (Lipinski definition) is 5. The molecule has 0 bridgehead atoms. The number of ether oxygens (including phenoxy) is 1. The number of anilines is 1. The first-order chi connectivity index (χ1) is 11.1. The number of aryl methyl sites for hydroxylation is 1. The molecule has 2 aliphatic heterocycles. The summed E-state index contributed by atoms with van der Waals surface area (Å²) in [6.07, 6.45) is 8.13. The Morgan fingerprint density at radius 1 is 1.26 bits per heavy atom. The largest absolute Gasteiger partial charge is 0.363 e. The van der Waals surface area contributed by atoms with Gasteiger partial charge in [-0.05, 0) is 44.1 Å². The molecule has 1 aliphatic carbocycles. The van der Waals surface area contributed by atoms with Crippen LogP contribution in [0.5, 0.6) is 0 Å². The summed E-state index contributed by atoms with van der Waals surface area (Å²) in [5.41, 5.74) is 0.913. The summed E-state index contributed by atoms with van der Waals surface area (Å²) in [4.78, 5) is 25.2. The summed E-state index contributed by atoms with van der Waals surface area (Å²) in [6, 6.07) is 0. The molecule has 4 rings (SSSR count). The molecule has 1 saturated carbocycles. The van der Waals surface area contributed by atoms with E-state index in [1.807, 2.05) is 24.2 Å². The molecule has 0 N–H and O–H groups in total. The molecule has 3 fully saturated rings. The Hall–Kier alpha value is -1.69. The standard InChI is InChI=1S/C17H24N4O2/c1-13-8-18-16(19-9-13)20-6-4-17(5-7-20)12-21(10-14-2-3-14)15(22)11-23-17/h8-9,14H,2-7,10-12H2,1H3. The lowest BCUT2D eigenvalue weighted by Gasteiger charge is -2.47. The summed E-state index contributed by atoms with van der Waals surface area (Å²) in [5.74, 6) is 1.69. The number of morpholine rings is 1.